The number of benzene rings is 2. The SMILES string of the molecule is COc1ccc(S(=O)(=O)Nc2cccc(C(F)(F)F)c2)cc1N1CCNCC1. The van der Waals surface area contributed by atoms with Gasteiger partial charge in [0.15, 0.2) is 0 Å². The van der Waals surface area contributed by atoms with Crippen LogP contribution in [-0.4, -0.2) is 41.7 Å². The Hall–Kier alpha value is -2.46. The van der Waals surface area contributed by atoms with E-state index in [1.54, 1.807) is 0 Å². The van der Waals surface area contributed by atoms with Gasteiger partial charge < -0.3 is 15.0 Å². The first-order valence-electron chi connectivity index (χ1n) is 8.54. The van der Waals surface area contributed by atoms with Crippen molar-refractivity contribution in [2.24, 2.45) is 0 Å². The summed E-state index contributed by atoms with van der Waals surface area (Å²) in [6.45, 7) is 2.87. The molecule has 2 aromatic carbocycles. The molecule has 0 aliphatic carbocycles. The van der Waals surface area contributed by atoms with E-state index in [4.69, 9.17) is 4.74 Å². The topological polar surface area (TPSA) is 70.7 Å². The van der Waals surface area contributed by atoms with E-state index < -0.39 is 21.8 Å². The van der Waals surface area contributed by atoms with E-state index in [-0.39, 0.29) is 10.6 Å². The number of nitrogens with zero attached hydrogens (tertiary/aromatic N) is 1. The highest BCUT2D eigenvalue weighted by Gasteiger charge is 2.31. The first-order chi connectivity index (χ1) is 13.2. The lowest BCUT2D eigenvalue weighted by molar-refractivity contribution is -0.137. The summed E-state index contributed by atoms with van der Waals surface area (Å²) in [5, 5.41) is 3.21. The van der Waals surface area contributed by atoms with Crippen LogP contribution in [0.3, 0.4) is 0 Å². The third kappa shape index (κ3) is 4.50. The highest BCUT2D eigenvalue weighted by molar-refractivity contribution is 7.92. The third-order valence-corrected chi connectivity index (χ3v) is 5.74. The minimum atomic E-state index is -4.56. The van der Waals surface area contributed by atoms with Crippen molar-refractivity contribution in [3.05, 3.63) is 48.0 Å². The zero-order valence-corrected chi connectivity index (χ0v) is 15.9. The second-order valence-corrected chi connectivity index (χ2v) is 7.94. The summed E-state index contributed by atoms with van der Waals surface area (Å²) in [5.74, 6) is 0.528. The quantitative estimate of drug-likeness (QED) is 0.786. The number of methoxy groups -OCH3 is 1. The van der Waals surface area contributed by atoms with Crippen LogP contribution in [0.2, 0.25) is 0 Å². The summed E-state index contributed by atoms with van der Waals surface area (Å²) >= 11 is 0. The summed E-state index contributed by atoms with van der Waals surface area (Å²) in [7, 11) is -2.58. The average molecular weight is 415 g/mol. The molecule has 0 atom stereocenters. The lowest BCUT2D eigenvalue weighted by Crippen LogP contribution is -2.43. The maximum Gasteiger partial charge on any atom is 0.416 e. The first kappa shape index (κ1) is 20.3. The Morgan fingerprint density at radius 1 is 1.11 bits per heavy atom. The maximum atomic E-state index is 12.9. The van der Waals surface area contributed by atoms with Gasteiger partial charge in [0.2, 0.25) is 0 Å². The largest absolute Gasteiger partial charge is 0.495 e. The molecular formula is C18H20F3N3O3S. The summed E-state index contributed by atoms with van der Waals surface area (Å²) < 4.78 is 71.6. The molecule has 0 saturated carbocycles. The van der Waals surface area contributed by atoms with Crippen LogP contribution in [0.1, 0.15) is 5.56 Å². The summed E-state index contributed by atoms with van der Waals surface area (Å²) in [4.78, 5) is 1.94. The van der Waals surface area contributed by atoms with E-state index in [0.717, 1.165) is 31.3 Å². The molecule has 0 spiro atoms. The van der Waals surface area contributed by atoms with E-state index in [9.17, 15) is 21.6 Å². The van der Waals surface area contributed by atoms with Gasteiger partial charge in [-0.2, -0.15) is 13.2 Å². The molecule has 0 unspecified atom stereocenters. The van der Waals surface area contributed by atoms with Gasteiger partial charge in [-0.15, -0.1) is 0 Å². The monoisotopic (exact) mass is 415 g/mol. The number of nitrogens with one attached hydrogen (secondary N) is 2. The molecule has 2 N–H and O–H groups in total. The smallest absolute Gasteiger partial charge is 0.416 e. The van der Waals surface area contributed by atoms with Crippen LogP contribution in [0.5, 0.6) is 5.75 Å². The molecule has 0 aromatic heterocycles. The fourth-order valence-electron chi connectivity index (χ4n) is 2.96. The van der Waals surface area contributed by atoms with Crippen molar-refractivity contribution < 1.29 is 26.3 Å². The van der Waals surface area contributed by atoms with Crippen molar-refractivity contribution >= 4 is 21.4 Å². The Morgan fingerprint density at radius 3 is 2.46 bits per heavy atom. The predicted molar refractivity (Wildman–Crippen MR) is 100 cm³/mol. The molecule has 1 heterocycles. The second kappa shape index (κ2) is 7.88. The van der Waals surface area contributed by atoms with Gasteiger partial charge >= 0.3 is 6.18 Å². The van der Waals surface area contributed by atoms with Crippen LogP contribution in [0.4, 0.5) is 24.5 Å². The van der Waals surface area contributed by atoms with Gasteiger partial charge in [0.25, 0.3) is 10.0 Å². The number of hydrogen-bond acceptors (Lipinski definition) is 5. The minimum absolute atomic E-state index is 0.0563. The lowest BCUT2D eigenvalue weighted by Gasteiger charge is -2.30. The Balaban J connectivity index is 1.91. The zero-order valence-electron chi connectivity index (χ0n) is 15.1. The fraction of sp³-hybridized carbons (Fsp3) is 0.333. The number of ether oxygens (including phenoxy) is 1. The maximum absolute atomic E-state index is 12.9. The van der Waals surface area contributed by atoms with E-state index in [1.807, 2.05) is 4.90 Å². The van der Waals surface area contributed by atoms with Crippen molar-refractivity contribution in [1.82, 2.24) is 5.32 Å². The normalized spacial score (nSPS) is 15.4. The number of anilines is 2. The van der Waals surface area contributed by atoms with Crippen molar-refractivity contribution in [3.63, 3.8) is 0 Å². The van der Waals surface area contributed by atoms with Gasteiger partial charge in [-0.1, -0.05) is 6.07 Å². The van der Waals surface area contributed by atoms with E-state index >= 15 is 0 Å². The summed E-state index contributed by atoms with van der Waals surface area (Å²) in [6.07, 6.45) is -4.56. The number of rotatable bonds is 5. The third-order valence-electron chi connectivity index (χ3n) is 4.36. The highest BCUT2D eigenvalue weighted by atomic mass is 32.2. The minimum Gasteiger partial charge on any atom is -0.495 e. The molecule has 0 amide bonds. The molecule has 28 heavy (non-hydrogen) atoms. The van der Waals surface area contributed by atoms with Crippen molar-refractivity contribution in [1.29, 1.82) is 0 Å². The number of sulfonamides is 1. The Labute approximate surface area is 161 Å². The molecule has 6 nitrogen and oxygen atoms in total. The van der Waals surface area contributed by atoms with Crippen molar-refractivity contribution in [3.8, 4) is 5.75 Å². The van der Waals surface area contributed by atoms with Crippen molar-refractivity contribution in [2.75, 3.05) is 42.9 Å². The molecule has 10 heteroatoms. The van der Waals surface area contributed by atoms with Crippen LogP contribution >= 0.6 is 0 Å². The van der Waals surface area contributed by atoms with E-state index in [1.165, 1.54) is 31.4 Å². The Morgan fingerprint density at radius 2 is 1.82 bits per heavy atom. The molecule has 152 valence electrons. The standard InChI is InChI=1S/C18H20F3N3O3S/c1-27-17-6-5-15(12-16(17)24-9-7-22-8-10-24)28(25,26)23-14-4-2-3-13(11-14)18(19,20)21/h2-6,11-12,22-23H,7-10H2,1H3. The van der Waals surface area contributed by atoms with Crippen LogP contribution in [0.15, 0.2) is 47.4 Å². The molecule has 3 rings (SSSR count). The molecule has 1 fully saturated rings. The van der Waals surface area contributed by atoms with Gasteiger partial charge in [-0.25, -0.2) is 8.42 Å². The molecule has 1 aliphatic heterocycles. The number of alkyl halides is 3. The predicted octanol–water partition coefficient (Wildman–Crippen LogP) is 2.92. The zero-order chi connectivity index (χ0) is 20.4. The Bertz CT molecular complexity index is 943. The molecule has 0 bridgehead atoms. The van der Waals surface area contributed by atoms with Crippen LogP contribution in [0.25, 0.3) is 0 Å². The fourth-order valence-corrected chi connectivity index (χ4v) is 4.03. The average Bonchev–Trinajstić information content (AvgIpc) is 2.67. The molecular weight excluding hydrogens is 395 g/mol. The first-order valence-corrected chi connectivity index (χ1v) is 10.0. The Kier molecular flexibility index (Phi) is 5.71. The molecule has 1 aliphatic rings. The summed E-state index contributed by atoms with van der Waals surface area (Å²) in [6, 6.07) is 8.44. The van der Waals surface area contributed by atoms with Gasteiger partial charge in [-0.3, -0.25) is 4.72 Å². The van der Waals surface area contributed by atoms with Crippen LogP contribution in [-0.2, 0) is 16.2 Å². The molecule has 2 aromatic rings. The summed E-state index contributed by atoms with van der Waals surface area (Å²) in [5.41, 5.74) is -0.464. The lowest BCUT2D eigenvalue weighted by atomic mass is 10.2. The van der Waals surface area contributed by atoms with Crippen LogP contribution in [0, 0.1) is 0 Å². The van der Waals surface area contributed by atoms with Crippen LogP contribution < -0.4 is 19.7 Å². The number of halogens is 3. The molecule has 1 saturated heterocycles. The molecule has 0 radical (unpaired) electrons. The van der Waals surface area contributed by atoms with E-state index in [2.05, 4.69) is 10.0 Å². The van der Waals surface area contributed by atoms with Gasteiger partial charge in [-0.05, 0) is 36.4 Å². The number of piperazine rings is 1. The van der Waals surface area contributed by atoms with Gasteiger partial charge in [0, 0.05) is 31.9 Å². The number of hydrogen-bond donors (Lipinski definition) is 2. The van der Waals surface area contributed by atoms with Crippen molar-refractivity contribution in [2.45, 2.75) is 11.1 Å². The van der Waals surface area contributed by atoms with Gasteiger partial charge in [0.05, 0.1) is 23.3 Å². The van der Waals surface area contributed by atoms with E-state index in [0.29, 0.717) is 24.5 Å². The highest BCUT2D eigenvalue weighted by Crippen LogP contribution is 2.33. The second-order valence-electron chi connectivity index (χ2n) is 6.25. The van der Waals surface area contributed by atoms with Gasteiger partial charge in [0.1, 0.15) is 5.75 Å².